The molecule has 0 radical (unpaired) electrons. The van der Waals surface area contributed by atoms with Gasteiger partial charge in [0.25, 0.3) is 0 Å². The Balaban J connectivity index is 1.18. The van der Waals surface area contributed by atoms with Crippen LogP contribution in [0.1, 0.15) is 36.8 Å². The molecule has 166 valence electrons. The van der Waals surface area contributed by atoms with Gasteiger partial charge in [-0.05, 0) is 74.0 Å². The number of hydrogen-bond donors (Lipinski definition) is 1. The summed E-state index contributed by atoms with van der Waals surface area (Å²) in [6.45, 7) is 5.02. The van der Waals surface area contributed by atoms with Crippen molar-refractivity contribution in [2.75, 3.05) is 44.7 Å². The number of rotatable bonds is 8. The van der Waals surface area contributed by atoms with Crippen molar-refractivity contribution in [2.45, 2.75) is 44.6 Å². The average Bonchev–Trinajstić information content (AvgIpc) is 3.36. The van der Waals surface area contributed by atoms with Gasteiger partial charge < -0.3 is 19.9 Å². The summed E-state index contributed by atoms with van der Waals surface area (Å²) < 4.78 is 5.22. The van der Waals surface area contributed by atoms with Gasteiger partial charge >= 0.3 is 0 Å². The predicted octanol–water partition coefficient (Wildman–Crippen LogP) is 3.66. The minimum atomic E-state index is 0.270. The summed E-state index contributed by atoms with van der Waals surface area (Å²) in [5.41, 5.74) is 3.74. The summed E-state index contributed by atoms with van der Waals surface area (Å²) in [7, 11) is 1.70. The molecule has 0 atom stereocenters. The van der Waals surface area contributed by atoms with E-state index in [9.17, 15) is 4.79 Å². The molecular weight excluding hydrogens is 386 g/mol. The zero-order valence-corrected chi connectivity index (χ0v) is 18.7. The highest BCUT2D eigenvalue weighted by atomic mass is 16.5. The van der Waals surface area contributed by atoms with Crippen molar-refractivity contribution in [3.05, 3.63) is 59.7 Å². The molecule has 4 rings (SSSR count). The molecule has 0 aromatic heterocycles. The van der Waals surface area contributed by atoms with Crippen molar-refractivity contribution < 1.29 is 9.53 Å². The third-order valence-electron chi connectivity index (χ3n) is 6.62. The highest BCUT2D eigenvalue weighted by Crippen LogP contribution is 2.21. The Morgan fingerprint density at radius 2 is 1.58 bits per heavy atom. The predicted molar refractivity (Wildman–Crippen MR) is 126 cm³/mol. The van der Waals surface area contributed by atoms with E-state index in [0.29, 0.717) is 12.5 Å². The van der Waals surface area contributed by atoms with Crippen LogP contribution in [0, 0.1) is 0 Å². The number of benzene rings is 2. The summed E-state index contributed by atoms with van der Waals surface area (Å²) in [5, 5.41) is 3.73. The van der Waals surface area contributed by atoms with Gasteiger partial charge in [-0.25, -0.2) is 0 Å². The van der Waals surface area contributed by atoms with Crippen LogP contribution < -0.4 is 15.0 Å². The van der Waals surface area contributed by atoms with Crippen LogP contribution >= 0.6 is 0 Å². The lowest BCUT2D eigenvalue weighted by molar-refractivity contribution is -0.129. The summed E-state index contributed by atoms with van der Waals surface area (Å²) in [5.74, 6) is 1.18. The van der Waals surface area contributed by atoms with Crippen molar-refractivity contribution in [3.8, 4) is 5.75 Å². The molecule has 2 aliphatic rings. The molecule has 5 nitrogen and oxygen atoms in total. The van der Waals surface area contributed by atoms with E-state index in [1.807, 2.05) is 17.0 Å². The summed E-state index contributed by atoms with van der Waals surface area (Å²) >= 11 is 0. The number of carbonyl (C=O) groups excluding carboxylic acids is 1. The van der Waals surface area contributed by atoms with Gasteiger partial charge in [0.05, 0.1) is 13.5 Å². The second-order valence-corrected chi connectivity index (χ2v) is 8.74. The summed E-state index contributed by atoms with van der Waals surface area (Å²) in [6, 6.07) is 17.6. The zero-order chi connectivity index (χ0) is 21.5. The third-order valence-corrected chi connectivity index (χ3v) is 6.62. The van der Waals surface area contributed by atoms with E-state index < -0.39 is 0 Å². The molecule has 0 saturated carbocycles. The van der Waals surface area contributed by atoms with Crippen LogP contribution in [0.25, 0.3) is 0 Å². The standard InChI is InChI=1S/C26H35N3O2/c1-31-25-10-6-21(7-11-25)12-15-27-23-13-18-28(19-14-23)24-8-4-22(5-9-24)20-26(30)29-16-2-3-17-29/h4-11,23,27H,2-3,12-20H2,1H3. The van der Waals surface area contributed by atoms with E-state index in [2.05, 4.69) is 46.6 Å². The van der Waals surface area contributed by atoms with Crippen molar-refractivity contribution in [3.63, 3.8) is 0 Å². The molecule has 2 aliphatic heterocycles. The Kier molecular flexibility index (Phi) is 7.47. The first-order valence-electron chi connectivity index (χ1n) is 11.7. The van der Waals surface area contributed by atoms with E-state index in [-0.39, 0.29) is 5.91 Å². The van der Waals surface area contributed by atoms with Crippen LogP contribution in [0.5, 0.6) is 5.75 Å². The van der Waals surface area contributed by atoms with Gasteiger partial charge in [-0.1, -0.05) is 24.3 Å². The highest BCUT2D eigenvalue weighted by Gasteiger charge is 2.20. The number of anilines is 1. The molecule has 0 aliphatic carbocycles. The van der Waals surface area contributed by atoms with Crippen LogP contribution in [0.4, 0.5) is 5.69 Å². The molecule has 2 heterocycles. The molecule has 1 N–H and O–H groups in total. The van der Waals surface area contributed by atoms with Gasteiger partial charge in [0, 0.05) is 37.9 Å². The second-order valence-electron chi connectivity index (χ2n) is 8.74. The molecule has 2 saturated heterocycles. The van der Waals surface area contributed by atoms with E-state index in [1.165, 1.54) is 11.3 Å². The van der Waals surface area contributed by atoms with Crippen LogP contribution in [0.3, 0.4) is 0 Å². The Bertz CT molecular complexity index is 821. The SMILES string of the molecule is COc1ccc(CCNC2CCN(c3ccc(CC(=O)N4CCCC4)cc3)CC2)cc1. The first-order valence-corrected chi connectivity index (χ1v) is 11.7. The lowest BCUT2D eigenvalue weighted by Gasteiger charge is -2.34. The molecule has 31 heavy (non-hydrogen) atoms. The quantitative estimate of drug-likeness (QED) is 0.707. The Morgan fingerprint density at radius 3 is 2.23 bits per heavy atom. The second kappa shape index (κ2) is 10.7. The Labute approximate surface area is 186 Å². The molecule has 1 amide bonds. The smallest absolute Gasteiger partial charge is 0.226 e. The number of likely N-dealkylation sites (tertiary alicyclic amines) is 1. The lowest BCUT2D eigenvalue weighted by Crippen LogP contribution is -2.43. The highest BCUT2D eigenvalue weighted by molar-refractivity contribution is 5.79. The monoisotopic (exact) mass is 421 g/mol. The van der Waals surface area contributed by atoms with Crippen molar-refractivity contribution in [2.24, 2.45) is 0 Å². The van der Waals surface area contributed by atoms with Gasteiger partial charge in [-0.15, -0.1) is 0 Å². The maximum atomic E-state index is 12.3. The molecule has 0 bridgehead atoms. The molecule has 5 heteroatoms. The number of hydrogen-bond acceptors (Lipinski definition) is 4. The van der Waals surface area contributed by atoms with E-state index >= 15 is 0 Å². The average molecular weight is 422 g/mol. The van der Waals surface area contributed by atoms with Gasteiger partial charge in [-0.2, -0.15) is 0 Å². The lowest BCUT2D eigenvalue weighted by atomic mass is 10.0. The summed E-state index contributed by atoms with van der Waals surface area (Å²) in [6.07, 6.45) is 6.20. The first-order chi connectivity index (χ1) is 15.2. The fraction of sp³-hybridized carbons (Fsp3) is 0.500. The fourth-order valence-corrected chi connectivity index (χ4v) is 4.63. The van der Waals surface area contributed by atoms with Crippen LogP contribution in [0.15, 0.2) is 48.5 Å². The van der Waals surface area contributed by atoms with E-state index in [0.717, 1.165) is 76.1 Å². The third kappa shape index (κ3) is 6.01. The minimum absolute atomic E-state index is 0.270. The maximum Gasteiger partial charge on any atom is 0.226 e. The zero-order valence-electron chi connectivity index (χ0n) is 18.7. The maximum absolute atomic E-state index is 12.3. The number of ether oxygens (including phenoxy) is 1. The van der Waals surface area contributed by atoms with Crippen molar-refractivity contribution in [1.82, 2.24) is 10.2 Å². The van der Waals surface area contributed by atoms with Crippen LogP contribution in [0.2, 0.25) is 0 Å². The molecule has 0 unspecified atom stereocenters. The Morgan fingerprint density at radius 1 is 0.935 bits per heavy atom. The normalized spacial score (nSPS) is 17.2. The van der Waals surface area contributed by atoms with E-state index in [4.69, 9.17) is 4.74 Å². The number of nitrogens with one attached hydrogen (secondary N) is 1. The first kappa shape index (κ1) is 21.7. The number of nitrogens with zero attached hydrogens (tertiary/aromatic N) is 2. The molecule has 2 aromatic carbocycles. The van der Waals surface area contributed by atoms with Crippen LogP contribution in [-0.4, -0.2) is 56.7 Å². The largest absolute Gasteiger partial charge is 0.497 e. The van der Waals surface area contributed by atoms with Gasteiger partial charge in [-0.3, -0.25) is 4.79 Å². The van der Waals surface area contributed by atoms with Crippen molar-refractivity contribution >= 4 is 11.6 Å². The van der Waals surface area contributed by atoms with Gasteiger partial charge in [0.2, 0.25) is 5.91 Å². The molecule has 0 spiro atoms. The van der Waals surface area contributed by atoms with Crippen LogP contribution in [-0.2, 0) is 17.6 Å². The summed E-state index contributed by atoms with van der Waals surface area (Å²) in [4.78, 5) is 16.8. The number of methoxy groups -OCH3 is 1. The fourth-order valence-electron chi connectivity index (χ4n) is 4.63. The van der Waals surface area contributed by atoms with Gasteiger partial charge in [0.15, 0.2) is 0 Å². The Hall–Kier alpha value is -2.53. The number of amides is 1. The minimum Gasteiger partial charge on any atom is -0.497 e. The van der Waals surface area contributed by atoms with E-state index in [1.54, 1.807) is 7.11 Å². The number of carbonyl (C=O) groups is 1. The molecular formula is C26H35N3O2. The van der Waals surface area contributed by atoms with Crippen molar-refractivity contribution in [1.29, 1.82) is 0 Å². The molecule has 2 aromatic rings. The topological polar surface area (TPSA) is 44.8 Å². The van der Waals surface area contributed by atoms with Gasteiger partial charge in [0.1, 0.15) is 5.75 Å². The number of piperidine rings is 1. The molecule has 2 fully saturated rings.